The number of carbonyl (C=O) groups is 11. The van der Waals surface area contributed by atoms with Crippen LogP contribution in [0.3, 0.4) is 0 Å². The van der Waals surface area contributed by atoms with Crippen LogP contribution in [0.15, 0.2) is 78.9 Å². The van der Waals surface area contributed by atoms with E-state index in [0.29, 0.717) is 95.3 Å². The van der Waals surface area contributed by atoms with E-state index in [1.54, 1.807) is 14.2 Å². The number of hydrogen-bond acceptors (Lipinski definition) is 32. The first kappa shape index (κ1) is 121. The van der Waals surface area contributed by atoms with Crippen molar-refractivity contribution >= 4 is 65.0 Å². The Balaban J connectivity index is 0.907. The summed E-state index contributed by atoms with van der Waals surface area (Å²) in [7, 11) is 3.26. The minimum Gasteiger partial charge on any atom is -0.497 e. The van der Waals surface area contributed by atoms with E-state index in [4.69, 9.17) is 56.8 Å². The molecule has 806 valence electrons. The number of likely N-dealkylation sites (tertiary alicyclic amines) is 1. The Bertz CT molecular complexity index is 3940. The first-order valence-corrected chi connectivity index (χ1v) is 50.3. The van der Waals surface area contributed by atoms with E-state index in [2.05, 4.69) is 72.2 Å². The van der Waals surface area contributed by atoms with E-state index in [1.165, 1.54) is 20.8 Å². The predicted molar refractivity (Wildman–Crippen MR) is 518 cm³/mol. The molecule has 11 amide bonds. The molecule has 0 spiro atoms. The third-order valence-corrected chi connectivity index (χ3v) is 25.1. The first-order valence-electron chi connectivity index (χ1n) is 50.3. The highest BCUT2D eigenvalue weighted by Gasteiger charge is 2.49. The zero-order valence-corrected chi connectivity index (χ0v) is 83.7. The Labute approximate surface area is 837 Å². The van der Waals surface area contributed by atoms with Crippen LogP contribution in [-0.4, -0.2) is 365 Å². The van der Waals surface area contributed by atoms with Gasteiger partial charge in [0, 0.05) is 138 Å². The zero-order chi connectivity index (χ0) is 104. The maximum Gasteiger partial charge on any atom is 0.222 e. The molecular formula is C100H159N11O32. The number of nitrogens with zero attached hydrogens (tertiary/aromatic N) is 1. The molecule has 17 atom stereocenters. The van der Waals surface area contributed by atoms with Crippen LogP contribution >= 0.6 is 0 Å². The maximum absolute atomic E-state index is 14.3. The number of nitrogens with one attached hydrogen (secondary N) is 10. The molecule has 4 aliphatic rings. The normalized spacial score (nSPS) is 23.1. The number of hydrogen-bond donors (Lipinski definition) is 19. The van der Waals surface area contributed by atoms with Gasteiger partial charge in [0.05, 0.1) is 86.3 Å². The molecule has 4 saturated heterocycles. The number of aliphatic hydroxyl groups is 9. The predicted octanol–water partition coefficient (Wildman–Crippen LogP) is 0.485. The second kappa shape index (κ2) is 66.7. The van der Waals surface area contributed by atoms with Crippen molar-refractivity contribution in [2.45, 2.75) is 304 Å². The van der Waals surface area contributed by atoms with Crippen LogP contribution in [-0.2, 0) is 106 Å². The van der Waals surface area contributed by atoms with Crippen LogP contribution in [0, 0.1) is 5.92 Å². The van der Waals surface area contributed by atoms with Gasteiger partial charge >= 0.3 is 0 Å². The quantitative estimate of drug-likeness (QED) is 0.0270. The summed E-state index contributed by atoms with van der Waals surface area (Å²) in [6.07, 6.45) is -4.59. The lowest BCUT2D eigenvalue weighted by molar-refractivity contribution is -0.270. The SMILES string of the molecule is COc1ccc(C(OC[C@@H]2C[C@@H](C)CN2C(=O)CCCCCCCCCCC(=O)NC(COCCC(=O)NCCCNC(=O)CCCCOC2OC(CO)C(O)C(O)C2NC(C)=O)(COCCC(=O)NCCCNC(=O)CCCCOC2OC(CO)C(O)C(O)C2NC(C)=O)COCCC(=O)NCCCNC(=O)CCCCOC2OC(CO)C(O)C(O)C2NC(C)=O)(c2ccccc2)c2ccc(OC)cc2)cc1. The van der Waals surface area contributed by atoms with E-state index < -0.39 is 141 Å². The van der Waals surface area contributed by atoms with E-state index in [-0.39, 0.29) is 203 Å². The number of amides is 11. The number of aliphatic hydroxyl groups excluding tert-OH is 9. The third-order valence-electron chi connectivity index (χ3n) is 25.1. The molecule has 0 radical (unpaired) electrons. The van der Waals surface area contributed by atoms with Crippen molar-refractivity contribution in [3.8, 4) is 11.5 Å². The molecule has 3 aromatic carbocycles. The van der Waals surface area contributed by atoms with Crippen molar-refractivity contribution in [1.29, 1.82) is 0 Å². The van der Waals surface area contributed by atoms with Gasteiger partial charge < -0.3 is 161 Å². The minimum absolute atomic E-state index is 0.0694. The standard InChI is InChI=1S/C100H159N11O32/c1-66-57-73(62-140-100(70-27-14-13-15-28-70,71-34-38-74(132-5)39-35-71)72-36-40-75(133-6)41-37-72)111(58-66)86(125)33-17-12-10-8-7-9-11-16-32-85(124)110-99(63-134-54-42-82(121)104-48-24-45-101-79(118)29-18-21-51-137-96-87(107-67(2)115)93(129)90(126)76(59-112)141-96,64-135-55-43-83(122)105-49-25-46-102-80(119)30-19-22-52-138-97-88(108-68(3)116)94(130)91(127)77(60-113)142-97)65-136-56-44-84(123)106-50-26-47-103-81(120)31-20-23-53-139-98-89(109-69(4)117)95(131)92(128)78(61-114)143-98/h13-15,27-28,34-41,66,73,76-78,87-98,112-114,126-131H,7-12,16-26,29-33,42-65H2,1-6H3,(H,101,118)(H,102,119)(H,103,120)(H,104,121)(H,105,122)(H,106,123)(H,107,115)(H,108,116)(H,109,117)(H,110,124)/t66-,73+,76?,77?,78?,87?,88?,89?,90?,91?,92?,93?,94?,95?,96?,97?,98?,99?/m1/s1. The van der Waals surface area contributed by atoms with E-state index in [0.717, 1.165) is 68.1 Å². The second-order valence-corrected chi connectivity index (χ2v) is 36.9. The average Bonchev–Trinajstić information content (AvgIpc) is 1.53. The topological polar surface area (TPSA) is 604 Å². The van der Waals surface area contributed by atoms with Crippen molar-refractivity contribution in [2.24, 2.45) is 5.92 Å². The summed E-state index contributed by atoms with van der Waals surface area (Å²) in [5.41, 5.74) is 0.244. The molecular weight excluding hydrogens is 1870 g/mol. The monoisotopic (exact) mass is 2030 g/mol. The fourth-order valence-corrected chi connectivity index (χ4v) is 17.3. The van der Waals surface area contributed by atoms with Gasteiger partial charge in [0.1, 0.15) is 95.7 Å². The molecule has 0 bridgehead atoms. The minimum atomic E-state index is -1.47. The molecule has 4 aliphatic heterocycles. The molecule has 4 fully saturated rings. The number of rotatable bonds is 71. The lowest BCUT2D eigenvalue weighted by Gasteiger charge is -2.42. The van der Waals surface area contributed by atoms with Gasteiger partial charge in [-0.3, -0.25) is 52.7 Å². The zero-order valence-electron chi connectivity index (χ0n) is 83.7. The van der Waals surface area contributed by atoms with Gasteiger partial charge in [0.2, 0.25) is 65.0 Å². The summed E-state index contributed by atoms with van der Waals surface area (Å²) in [4.78, 5) is 144. The van der Waals surface area contributed by atoms with Crippen molar-refractivity contribution in [1.82, 2.24) is 58.1 Å². The Hall–Kier alpha value is -9.33. The van der Waals surface area contributed by atoms with E-state index in [1.807, 2.05) is 71.6 Å². The van der Waals surface area contributed by atoms with Crippen molar-refractivity contribution < 1.29 is 156 Å². The van der Waals surface area contributed by atoms with E-state index >= 15 is 0 Å². The van der Waals surface area contributed by atoms with Gasteiger partial charge in [-0.05, 0) is 124 Å². The summed E-state index contributed by atoms with van der Waals surface area (Å²) in [6, 6.07) is 22.4. The molecule has 43 heteroatoms. The van der Waals surface area contributed by atoms with Crippen LogP contribution in [0.25, 0.3) is 0 Å². The molecule has 3 aromatic rings. The number of methoxy groups -OCH3 is 2. The third kappa shape index (κ3) is 42.6. The fraction of sp³-hybridized carbons (Fsp3) is 0.710. The highest BCUT2D eigenvalue weighted by atomic mass is 16.7. The number of ether oxygens (including phenoxy) is 12. The molecule has 143 heavy (non-hydrogen) atoms. The summed E-state index contributed by atoms with van der Waals surface area (Å²) in [5, 5.41) is 119. The first-order chi connectivity index (χ1) is 68.9. The Morgan fingerprint density at radius 3 is 1.01 bits per heavy atom. The van der Waals surface area contributed by atoms with Gasteiger partial charge in [-0.15, -0.1) is 0 Å². The van der Waals surface area contributed by atoms with Gasteiger partial charge in [-0.25, -0.2) is 0 Å². The van der Waals surface area contributed by atoms with Gasteiger partial charge in [-0.1, -0.05) is 100 Å². The highest BCUT2D eigenvalue weighted by molar-refractivity contribution is 5.80. The average molecular weight is 2030 g/mol. The summed E-state index contributed by atoms with van der Waals surface area (Å²) < 4.78 is 71.0. The second-order valence-electron chi connectivity index (χ2n) is 36.9. The van der Waals surface area contributed by atoms with Crippen molar-refractivity contribution in [3.05, 3.63) is 95.6 Å². The number of benzene rings is 3. The van der Waals surface area contributed by atoms with Crippen LogP contribution in [0.4, 0.5) is 0 Å². The van der Waals surface area contributed by atoms with Crippen LogP contribution < -0.4 is 62.6 Å². The molecule has 43 nitrogen and oxygen atoms in total. The summed E-state index contributed by atoms with van der Waals surface area (Å²) in [5.74, 6) is -1.98. The molecule has 0 aromatic heterocycles. The smallest absolute Gasteiger partial charge is 0.222 e. The molecule has 19 N–H and O–H groups in total. The lowest BCUT2D eigenvalue weighted by atomic mass is 9.80. The lowest BCUT2D eigenvalue weighted by Crippen LogP contribution is -2.64. The van der Waals surface area contributed by atoms with Gasteiger partial charge in [-0.2, -0.15) is 0 Å². The molecule has 15 unspecified atom stereocenters. The Morgan fingerprint density at radius 1 is 0.371 bits per heavy atom. The van der Waals surface area contributed by atoms with Gasteiger partial charge in [0.15, 0.2) is 18.9 Å². The number of unbranched alkanes of at least 4 members (excludes halogenated alkanes) is 10. The van der Waals surface area contributed by atoms with Crippen LogP contribution in [0.5, 0.6) is 11.5 Å². The molecule has 4 heterocycles. The molecule has 7 rings (SSSR count). The van der Waals surface area contributed by atoms with Crippen molar-refractivity contribution in [2.75, 3.05) is 146 Å². The Kier molecular flexibility index (Phi) is 56.3. The largest absolute Gasteiger partial charge is 0.497 e. The van der Waals surface area contributed by atoms with Gasteiger partial charge in [0.25, 0.3) is 0 Å². The maximum atomic E-state index is 14.3. The van der Waals surface area contributed by atoms with Crippen molar-refractivity contribution in [3.63, 3.8) is 0 Å². The number of carbonyl (C=O) groups excluding carboxylic acids is 11. The molecule has 0 saturated carbocycles. The summed E-state index contributed by atoms with van der Waals surface area (Å²) in [6.45, 7) is 5.28. The Morgan fingerprint density at radius 2 is 0.678 bits per heavy atom. The van der Waals surface area contributed by atoms with Crippen LogP contribution in [0.1, 0.15) is 211 Å². The molecule has 0 aliphatic carbocycles. The highest BCUT2D eigenvalue weighted by Crippen LogP contribution is 2.43. The van der Waals surface area contributed by atoms with Crippen LogP contribution in [0.2, 0.25) is 0 Å². The fourth-order valence-electron chi connectivity index (χ4n) is 17.3. The summed E-state index contributed by atoms with van der Waals surface area (Å²) >= 11 is 0. The van der Waals surface area contributed by atoms with E-state index in [9.17, 15) is 98.7 Å².